The average Bonchev–Trinajstić information content (AvgIpc) is 2.36. The highest BCUT2D eigenvalue weighted by Gasteiger charge is 2.19. The summed E-state index contributed by atoms with van der Waals surface area (Å²) in [5.41, 5.74) is 2.81. The van der Waals surface area contributed by atoms with Crippen molar-refractivity contribution < 1.29 is 14.3 Å². The summed E-state index contributed by atoms with van der Waals surface area (Å²) in [4.78, 5) is 24.5. The Bertz CT molecular complexity index is 468. The summed E-state index contributed by atoms with van der Waals surface area (Å²) in [6.07, 6.45) is 0.791. The third-order valence-corrected chi connectivity index (χ3v) is 3.08. The van der Waals surface area contributed by atoms with Gasteiger partial charge in [-0.25, -0.2) is 4.79 Å². The molecule has 2 rings (SSSR count). The van der Waals surface area contributed by atoms with Crippen molar-refractivity contribution >= 4 is 11.9 Å². The van der Waals surface area contributed by atoms with Crippen molar-refractivity contribution in [2.45, 2.75) is 19.9 Å². The molecule has 0 aliphatic carbocycles. The molecule has 0 radical (unpaired) electrons. The molecule has 0 fully saturated rings. The predicted molar refractivity (Wildman–Crippen MR) is 62.6 cm³/mol. The third kappa shape index (κ3) is 2.30. The molecule has 0 atom stereocenters. The zero-order valence-corrected chi connectivity index (χ0v) is 10.0. The van der Waals surface area contributed by atoms with Crippen LogP contribution in [-0.4, -0.2) is 30.4 Å². The summed E-state index contributed by atoms with van der Waals surface area (Å²) < 4.78 is 4.68. The van der Waals surface area contributed by atoms with Gasteiger partial charge in [0.15, 0.2) is 0 Å². The van der Waals surface area contributed by atoms with E-state index in [-0.39, 0.29) is 11.9 Å². The van der Waals surface area contributed by atoms with Gasteiger partial charge in [0, 0.05) is 20.0 Å². The second kappa shape index (κ2) is 4.57. The quantitative estimate of drug-likeness (QED) is 0.688. The van der Waals surface area contributed by atoms with Crippen LogP contribution in [0.4, 0.5) is 0 Å². The second-order valence-electron chi connectivity index (χ2n) is 4.17. The molecule has 0 saturated carbocycles. The minimum Gasteiger partial charge on any atom is -0.465 e. The number of ether oxygens (including phenoxy) is 1. The molecule has 0 aromatic heterocycles. The Labute approximate surface area is 100 Å². The van der Waals surface area contributed by atoms with E-state index in [9.17, 15) is 9.59 Å². The number of methoxy groups -OCH3 is 1. The summed E-state index contributed by atoms with van der Waals surface area (Å²) in [5, 5.41) is 0. The van der Waals surface area contributed by atoms with E-state index in [2.05, 4.69) is 4.74 Å². The molecule has 4 nitrogen and oxygen atoms in total. The number of amides is 1. The summed E-state index contributed by atoms with van der Waals surface area (Å²) in [7, 11) is 1.37. The van der Waals surface area contributed by atoms with Crippen LogP contribution in [0.1, 0.15) is 28.4 Å². The fraction of sp³-hybridized carbons (Fsp3) is 0.385. The van der Waals surface area contributed by atoms with Crippen LogP contribution in [0.2, 0.25) is 0 Å². The van der Waals surface area contributed by atoms with Gasteiger partial charge in [0.05, 0.1) is 12.7 Å². The Morgan fingerprint density at radius 1 is 1.29 bits per heavy atom. The van der Waals surface area contributed by atoms with Gasteiger partial charge in [-0.3, -0.25) is 4.79 Å². The molecule has 0 N–H and O–H groups in total. The van der Waals surface area contributed by atoms with Crippen LogP contribution in [0.5, 0.6) is 0 Å². The van der Waals surface area contributed by atoms with E-state index in [1.54, 1.807) is 17.9 Å². The molecule has 0 saturated heterocycles. The lowest BCUT2D eigenvalue weighted by Crippen LogP contribution is -2.34. The van der Waals surface area contributed by atoms with Crippen molar-refractivity contribution in [3.05, 3.63) is 34.9 Å². The van der Waals surface area contributed by atoms with Crippen molar-refractivity contribution in [2.24, 2.45) is 0 Å². The smallest absolute Gasteiger partial charge is 0.337 e. The normalized spacial score (nSPS) is 14.1. The minimum absolute atomic E-state index is 0.0905. The lowest BCUT2D eigenvalue weighted by Gasteiger charge is -2.28. The van der Waals surface area contributed by atoms with Gasteiger partial charge >= 0.3 is 5.97 Å². The van der Waals surface area contributed by atoms with Gasteiger partial charge in [0.25, 0.3) is 0 Å². The van der Waals surface area contributed by atoms with Crippen LogP contribution >= 0.6 is 0 Å². The van der Waals surface area contributed by atoms with Gasteiger partial charge in [-0.15, -0.1) is 0 Å². The largest absolute Gasteiger partial charge is 0.465 e. The van der Waals surface area contributed by atoms with Crippen LogP contribution in [0.3, 0.4) is 0 Å². The number of rotatable bonds is 1. The Morgan fingerprint density at radius 3 is 2.71 bits per heavy atom. The highest BCUT2D eigenvalue weighted by atomic mass is 16.5. The van der Waals surface area contributed by atoms with Crippen LogP contribution < -0.4 is 0 Å². The second-order valence-corrected chi connectivity index (χ2v) is 4.17. The topological polar surface area (TPSA) is 46.6 Å². The maximum absolute atomic E-state index is 11.4. The zero-order chi connectivity index (χ0) is 12.4. The first-order chi connectivity index (χ1) is 8.11. The van der Waals surface area contributed by atoms with Gasteiger partial charge in [-0.05, 0) is 29.7 Å². The van der Waals surface area contributed by atoms with Gasteiger partial charge in [-0.2, -0.15) is 0 Å². The Morgan fingerprint density at radius 2 is 2.06 bits per heavy atom. The monoisotopic (exact) mass is 233 g/mol. The molecule has 1 aromatic carbocycles. The van der Waals surface area contributed by atoms with E-state index in [0.717, 1.165) is 17.5 Å². The Balaban J connectivity index is 2.25. The van der Waals surface area contributed by atoms with E-state index < -0.39 is 0 Å². The molecular weight excluding hydrogens is 218 g/mol. The number of esters is 1. The lowest BCUT2D eigenvalue weighted by molar-refractivity contribution is -0.129. The molecular formula is C13H15NO3. The predicted octanol–water partition coefficient (Wildman–Crippen LogP) is 1.38. The summed E-state index contributed by atoms with van der Waals surface area (Å²) in [6.45, 7) is 2.92. The molecule has 17 heavy (non-hydrogen) atoms. The third-order valence-electron chi connectivity index (χ3n) is 3.08. The van der Waals surface area contributed by atoms with Gasteiger partial charge in [0.1, 0.15) is 0 Å². The maximum atomic E-state index is 11.4. The number of nitrogens with zero attached hydrogens (tertiary/aromatic N) is 1. The standard InChI is InChI=1S/C13H15NO3/c1-9(15)14-6-5-10-7-11(13(16)17-2)3-4-12(10)8-14/h3-4,7H,5-6,8H2,1-2H3. The molecule has 1 aromatic rings. The van der Waals surface area contributed by atoms with E-state index in [1.165, 1.54) is 7.11 Å². The first-order valence-electron chi connectivity index (χ1n) is 5.57. The van der Waals surface area contributed by atoms with Crippen LogP contribution in [0.15, 0.2) is 18.2 Å². The molecule has 1 aliphatic heterocycles. The van der Waals surface area contributed by atoms with E-state index >= 15 is 0 Å². The van der Waals surface area contributed by atoms with Crippen molar-refractivity contribution in [1.82, 2.24) is 4.90 Å². The van der Waals surface area contributed by atoms with Crippen molar-refractivity contribution in [1.29, 1.82) is 0 Å². The molecule has 1 amide bonds. The van der Waals surface area contributed by atoms with Crippen LogP contribution in [0, 0.1) is 0 Å². The maximum Gasteiger partial charge on any atom is 0.337 e. The van der Waals surface area contributed by atoms with Crippen LogP contribution in [0.25, 0.3) is 0 Å². The van der Waals surface area contributed by atoms with E-state index in [1.807, 2.05) is 12.1 Å². The van der Waals surface area contributed by atoms with Gasteiger partial charge in [0.2, 0.25) is 5.91 Å². The summed E-state index contributed by atoms with van der Waals surface area (Å²) in [6, 6.07) is 5.50. The molecule has 0 spiro atoms. The van der Waals surface area contributed by atoms with Crippen molar-refractivity contribution in [2.75, 3.05) is 13.7 Å². The highest BCUT2D eigenvalue weighted by molar-refractivity contribution is 5.89. The van der Waals surface area contributed by atoms with Crippen LogP contribution in [-0.2, 0) is 22.5 Å². The fourth-order valence-corrected chi connectivity index (χ4v) is 2.07. The van der Waals surface area contributed by atoms with E-state index in [4.69, 9.17) is 0 Å². The molecule has 0 unspecified atom stereocenters. The molecule has 0 bridgehead atoms. The average molecular weight is 233 g/mol. The van der Waals surface area contributed by atoms with Gasteiger partial charge in [-0.1, -0.05) is 6.07 Å². The lowest BCUT2D eigenvalue weighted by atomic mass is 9.97. The molecule has 1 aliphatic rings. The number of benzene rings is 1. The first-order valence-corrected chi connectivity index (χ1v) is 5.57. The number of fused-ring (bicyclic) bond motifs is 1. The number of carbonyl (C=O) groups is 2. The summed E-state index contributed by atoms with van der Waals surface area (Å²) >= 11 is 0. The minimum atomic E-state index is -0.318. The Kier molecular flexibility index (Phi) is 3.13. The number of hydrogen-bond acceptors (Lipinski definition) is 3. The van der Waals surface area contributed by atoms with Crippen molar-refractivity contribution in [3.8, 4) is 0 Å². The fourth-order valence-electron chi connectivity index (χ4n) is 2.07. The summed E-state index contributed by atoms with van der Waals surface area (Å²) in [5.74, 6) is -0.227. The first kappa shape index (κ1) is 11.6. The molecule has 4 heteroatoms. The zero-order valence-electron chi connectivity index (χ0n) is 10.0. The number of hydrogen-bond donors (Lipinski definition) is 0. The number of carbonyl (C=O) groups excluding carboxylic acids is 2. The van der Waals surface area contributed by atoms with Crippen molar-refractivity contribution in [3.63, 3.8) is 0 Å². The Hall–Kier alpha value is -1.84. The molecule has 1 heterocycles. The highest BCUT2D eigenvalue weighted by Crippen LogP contribution is 2.20. The SMILES string of the molecule is COC(=O)c1ccc2c(c1)CCN(C(C)=O)C2. The van der Waals surface area contributed by atoms with Gasteiger partial charge < -0.3 is 9.64 Å². The van der Waals surface area contributed by atoms with E-state index in [0.29, 0.717) is 18.7 Å². The molecule has 90 valence electrons.